The van der Waals surface area contributed by atoms with Crippen molar-refractivity contribution in [1.29, 1.82) is 5.26 Å². The topological polar surface area (TPSA) is 138 Å². The van der Waals surface area contributed by atoms with Crippen molar-refractivity contribution >= 4 is 18.0 Å². The van der Waals surface area contributed by atoms with Crippen LogP contribution in [0.2, 0.25) is 0 Å². The monoisotopic (exact) mass is 582 g/mol. The predicted molar refractivity (Wildman–Crippen MR) is 153 cm³/mol. The third-order valence-electron chi connectivity index (χ3n) is 9.48. The summed E-state index contributed by atoms with van der Waals surface area (Å²) in [5, 5.41) is 19.8. The van der Waals surface area contributed by atoms with Crippen molar-refractivity contribution in [2.45, 2.75) is 57.5 Å². The molecule has 10 nitrogen and oxygen atoms in total. The summed E-state index contributed by atoms with van der Waals surface area (Å²) < 4.78 is 21.9. The number of hydrogen-bond acceptors (Lipinski definition) is 9. The molecular weight excluding hydrogens is 552 g/mol. The third kappa shape index (κ3) is 5.63. The maximum absolute atomic E-state index is 12.7. The summed E-state index contributed by atoms with van der Waals surface area (Å²) in [6.07, 6.45) is 3.67. The van der Waals surface area contributed by atoms with Crippen molar-refractivity contribution in [3.63, 3.8) is 0 Å². The van der Waals surface area contributed by atoms with Crippen LogP contribution in [0.3, 0.4) is 0 Å². The number of aryl methyl sites for hydroxylation is 1. The molecule has 0 bridgehead atoms. The molecule has 0 radical (unpaired) electrons. The Kier molecular flexibility index (Phi) is 7.48. The van der Waals surface area contributed by atoms with E-state index in [-0.39, 0.29) is 23.0 Å². The van der Waals surface area contributed by atoms with Crippen LogP contribution in [0.25, 0.3) is 0 Å². The zero-order valence-corrected chi connectivity index (χ0v) is 23.6. The highest BCUT2D eigenvalue weighted by molar-refractivity contribution is 5.67. The molecule has 10 heteroatoms. The van der Waals surface area contributed by atoms with Crippen LogP contribution in [0.1, 0.15) is 61.6 Å². The van der Waals surface area contributed by atoms with Crippen molar-refractivity contribution in [2.24, 2.45) is 17.3 Å². The quantitative estimate of drug-likeness (QED) is 0.130. The summed E-state index contributed by atoms with van der Waals surface area (Å²) in [6.45, 7) is 2.24. The van der Waals surface area contributed by atoms with Crippen LogP contribution in [-0.4, -0.2) is 23.3 Å². The van der Waals surface area contributed by atoms with Crippen LogP contribution in [0, 0.1) is 38.7 Å². The van der Waals surface area contributed by atoms with Crippen LogP contribution in [-0.2, 0) is 11.2 Å². The molecule has 2 saturated carbocycles. The number of benzene rings is 3. The summed E-state index contributed by atoms with van der Waals surface area (Å²) in [7, 11) is 0. The molecule has 3 aromatic carbocycles. The van der Waals surface area contributed by atoms with Crippen molar-refractivity contribution < 1.29 is 33.5 Å². The fourth-order valence-corrected chi connectivity index (χ4v) is 7.45. The van der Waals surface area contributed by atoms with Gasteiger partial charge in [0.2, 0.25) is 0 Å². The normalized spacial score (nSPS) is 25.2. The van der Waals surface area contributed by atoms with Crippen molar-refractivity contribution in [3.05, 3.63) is 93.5 Å². The van der Waals surface area contributed by atoms with E-state index in [1.54, 1.807) is 30.3 Å². The van der Waals surface area contributed by atoms with Gasteiger partial charge in [0.25, 0.3) is 5.69 Å². The van der Waals surface area contributed by atoms with Crippen LogP contribution < -0.4 is 14.2 Å². The molecule has 220 valence electrons. The number of nitro benzene ring substituents is 1. The molecule has 0 heterocycles. The second kappa shape index (κ2) is 11.4. The molecule has 43 heavy (non-hydrogen) atoms. The van der Waals surface area contributed by atoms with E-state index in [4.69, 9.17) is 24.2 Å². The summed E-state index contributed by atoms with van der Waals surface area (Å²) in [6, 6.07) is 19.3. The van der Waals surface area contributed by atoms with Crippen LogP contribution in [0.15, 0.2) is 66.7 Å². The van der Waals surface area contributed by atoms with E-state index in [2.05, 4.69) is 6.92 Å². The van der Waals surface area contributed by atoms with Crippen LogP contribution in [0.4, 0.5) is 15.3 Å². The molecule has 3 aliphatic carbocycles. The number of nitrogens with zero attached hydrogens (tertiary/aromatic N) is 2. The number of carbonyl (C=O) groups excluding carboxylic acids is 2. The van der Waals surface area contributed by atoms with E-state index in [0.29, 0.717) is 34.8 Å². The van der Waals surface area contributed by atoms with Gasteiger partial charge >= 0.3 is 12.3 Å². The highest BCUT2D eigenvalue weighted by Crippen LogP contribution is 2.61. The predicted octanol–water partition coefficient (Wildman–Crippen LogP) is 7.48. The van der Waals surface area contributed by atoms with Crippen LogP contribution in [0.5, 0.6) is 17.2 Å². The molecule has 0 amide bonds. The van der Waals surface area contributed by atoms with E-state index in [1.807, 2.05) is 18.2 Å². The Morgan fingerprint density at radius 2 is 1.53 bits per heavy atom. The maximum Gasteiger partial charge on any atom is 0.519 e. The average Bonchev–Trinajstić information content (AvgIpc) is 3.33. The van der Waals surface area contributed by atoms with Gasteiger partial charge in [-0.15, -0.1) is 0 Å². The lowest BCUT2D eigenvalue weighted by Crippen LogP contribution is -2.45. The number of ether oxygens (including phenoxy) is 4. The lowest BCUT2D eigenvalue weighted by Gasteiger charge is -2.50. The lowest BCUT2D eigenvalue weighted by atomic mass is 9.55. The van der Waals surface area contributed by atoms with Gasteiger partial charge in [-0.2, -0.15) is 5.26 Å². The summed E-state index contributed by atoms with van der Waals surface area (Å²) in [5.41, 5.74) is 2.69. The molecule has 3 aromatic rings. The Hall–Kier alpha value is -4.91. The summed E-state index contributed by atoms with van der Waals surface area (Å²) in [4.78, 5) is 35.3. The molecule has 0 aliphatic heterocycles. The van der Waals surface area contributed by atoms with Crippen molar-refractivity contribution in [3.8, 4) is 23.3 Å². The fourth-order valence-electron chi connectivity index (χ4n) is 7.45. The highest BCUT2D eigenvalue weighted by Gasteiger charge is 2.56. The summed E-state index contributed by atoms with van der Waals surface area (Å²) in [5.74, 6) is 2.16. The van der Waals surface area contributed by atoms with Gasteiger partial charge < -0.3 is 18.9 Å². The number of non-ortho nitro benzene ring substituents is 1. The molecule has 6 rings (SSSR count). The van der Waals surface area contributed by atoms with Gasteiger partial charge in [-0.05, 0) is 116 Å². The third-order valence-corrected chi connectivity index (χ3v) is 9.48. The van der Waals surface area contributed by atoms with E-state index in [0.717, 1.165) is 44.1 Å². The molecule has 0 aromatic heterocycles. The van der Waals surface area contributed by atoms with Crippen LogP contribution >= 0.6 is 0 Å². The second-order valence-electron chi connectivity index (χ2n) is 11.7. The number of nitriles is 1. The van der Waals surface area contributed by atoms with E-state index in [9.17, 15) is 19.7 Å². The largest absolute Gasteiger partial charge is 0.519 e. The Morgan fingerprint density at radius 3 is 2.23 bits per heavy atom. The zero-order valence-electron chi connectivity index (χ0n) is 23.6. The molecule has 0 spiro atoms. The molecule has 3 aliphatic rings. The second-order valence-corrected chi connectivity index (χ2v) is 11.7. The first-order valence-electron chi connectivity index (χ1n) is 14.4. The molecule has 0 saturated heterocycles. The van der Waals surface area contributed by atoms with Gasteiger partial charge in [0.15, 0.2) is 0 Å². The first-order valence-corrected chi connectivity index (χ1v) is 14.4. The Morgan fingerprint density at radius 1 is 0.884 bits per heavy atom. The Balaban J connectivity index is 1.08. The Labute approximate surface area is 248 Å². The molecule has 3 unspecified atom stereocenters. The number of carbonyl (C=O) groups is 2. The number of rotatable bonds is 5. The zero-order chi connectivity index (χ0) is 30.1. The standard InChI is InChI=1S/C33H30N2O8/c1-33-17-16-27-26-13-11-25(42-31(36)40-24-9-5-22(6-10-24)35(38)39)18-21(26)4-12-28(27)29(33)14-15-30(33)43-32(37)41-23-7-2-20(19-34)3-8-23/h2-3,5-11,13,18,27-30H,4,12,14-17H2,1H3/t27?,28?,29?,30-,33-/m0/s1. The number of hydrogen-bond donors (Lipinski definition) is 0. The van der Waals surface area contributed by atoms with Gasteiger partial charge in [0, 0.05) is 17.5 Å². The minimum absolute atomic E-state index is 0.0976. The molecular formula is C33H30N2O8. The maximum atomic E-state index is 12.7. The number of fused-ring (bicyclic) bond motifs is 5. The Bertz CT molecular complexity index is 1600. The van der Waals surface area contributed by atoms with Crippen molar-refractivity contribution in [2.75, 3.05) is 0 Å². The fraction of sp³-hybridized carbons (Fsp3) is 0.364. The molecule has 2 fully saturated rings. The minimum Gasteiger partial charge on any atom is -0.430 e. The minimum atomic E-state index is -0.911. The van der Waals surface area contributed by atoms with Gasteiger partial charge in [-0.3, -0.25) is 10.1 Å². The van der Waals surface area contributed by atoms with Crippen molar-refractivity contribution in [1.82, 2.24) is 0 Å². The van der Waals surface area contributed by atoms with E-state index >= 15 is 0 Å². The lowest BCUT2D eigenvalue weighted by molar-refractivity contribution is -0.384. The summed E-state index contributed by atoms with van der Waals surface area (Å²) >= 11 is 0. The van der Waals surface area contributed by atoms with Gasteiger partial charge in [-0.1, -0.05) is 13.0 Å². The molecule has 0 N–H and O–H groups in total. The first kappa shape index (κ1) is 28.2. The first-order chi connectivity index (χ1) is 20.7. The van der Waals surface area contributed by atoms with E-state index in [1.165, 1.54) is 29.8 Å². The van der Waals surface area contributed by atoms with Gasteiger partial charge in [0.1, 0.15) is 23.4 Å². The average molecular weight is 583 g/mol. The highest BCUT2D eigenvalue weighted by atomic mass is 16.7. The number of nitro groups is 1. The smallest absolute Gasteiger partial charge is 0.430 e. The molecule has 5 atom stereocenters. The van der Waals surface area contributed by atoms with E-state index < -0.39 is 17.2 Å². The van der Waals surface area contributed by atoms with Gasteiger partial charge in [-0.25, -0.2) is 9.59 Å². The van der Waals surface area contributed by atoms with Gasteiger partial charge in [0.05, 0.1) is 16.6 Å². The SMILES string of the molecule is C[C@]12CCC3c4ccc(OC(=O)Oc5ccc([N+](=O)[O-])cc5)cc4CCC3C1CC[C@@H]2OC(=O)Oc1ccc(C#N)cc1.